The van der Waals surface area contributed by atoms with Crippen LogP contribution >= 0.6 is 0 Å². The van der Waals surface area contributed by atoms with E-state index in [2.05, 4.69) is 0 Å². The first-order valence-corrected chi connectivity index (χ1v) is 9.44. The maximum Gasteiger partial charge on any atom is 0.303 e. The molecule has 31 heavy (non-hydrogen) atoms. The van der Waals surface area contributed by atoms with Crippen molar-refractivity contribution in [2.45, 2.75) is 58.4 Å². The molecule has 1 heterocycles. The number of anilines is 1. The van der Waals surface area contributed by atoms with Gasteiger partial charge in [-0.3, -0.25) is 19.2 Å². The van der Waals surface area contributed by atoms with E-state index in [1.54, 1.807) is 30.3 Å². The van der Waals surface area contributed by atoms with Crippen LogP contribution in [0.5, 0.6) is 0 Å². The van der Waals surface area contributed by atoms with E-state index in [9.17, 15) is 24.3 Å². The largest absolute Gasteiger partial charge is 0.463 e. The van der Waals surface area contributed by atoms with Gasteiger partial charge in [-0.25, -0.2) is 4.84 Å². The molecule has 1 N–H and O–H groups in total. The lowest BCUT2D eigenvalue weighted by Gasteiger charge is -2.43. The van der Waals surface area contributed by atoms with Gasteiger partial charge in [-0.2, -0.15) is 5.06 Å². The van der Waals surface area contributed by atoms with Crippen molar-refractivity contribution in [2.75, 3.05) is 11.7 Å². The van der Waals surface area contributed by atoms with Crippen molar-refractivity contribution >= 4 is 29.5 Å². The van der Waals surface area contributed by atoms with Gasteiger partial charge in [0.15, 0.2) is 12.2 Å². The number of nitrogens with zero attached hydrogens (tertiary/aromatic N) is 1. The van der Waals surface area contributed by atoms with Crippen molar-refractivity contribution in [1.82, 2.24) is 0 Å². The van der Waals surface area contributed by atoms with Crippen molar-refractivity contribution in [3.8, 4) is 0 Å². The SMILES string of the molecule is CC(=O)OC[C@H]1O[C@@H](ON(C(C)=O)c2ccccc2)[C@H](OC(C)=O)[C@@H](OC(C)=O)[C@@H]1O. The molecular formula is C20H25NO10. The van der Waals surface area contributed by atoms with E-state index in [4.69, 9.17) is 23.8 Å². The van der Waals surface area contributed by atoms with E-state index in [-0.39, 0.29) is 0 Å². The van der Waals surface area contributed by atoms with E-state index < -0.39 is 61.1 Å². The van der Waals surface area contributed by atoms with E-state index in [1.807, 2.05) is 0 Å². The van der Waals surface area contributed by atoms with Gasteiger partial charge >= 0.3 is 17.9 Å². The highest BCUT2D eigenvalue weighted by molar-refractivity contribution is 5.89. The van der Waals surface area contributed by atoms with Gasteiger partial charge in [0.05, 0.1) is 5.69 Å². The van der Waals surface area contributed by atoms with Crippen LogP contribution in [0.15, 0.2) is 30.3 Å². The molecular weight excluding hydrogens is 414 g/mol. The molecule has 11 nitrogen and oxygen atoms in total. The summed E-state index contributed by atoms with van der Waals surface area (Å²) < 4.78 is 20.9. The van der Waals surface area contributed by atoms with Gasteiger partial charge < -0.3 is 24.1 Å². The highest BCUT2D eigenvalue weighted by atomic mass is 16.8. The Morgan fingerprint density at radius 2 is 1.52 bits per heavy atom. The van der Waals surface area contributed by atoms with Gasteiger partial charge in [0, 0.05) is 27.7 Å². The summed E-state index contributed by atoms with van der Waals surface area (Å²) in [6.07, 6.45) is -7.04. The average molecular weight is 439 g/mol. The molecule has 1 fully saturated rings. The van der Waals surface area contributed by atoms with Crippen LogP contribution < -0.4 is 5.06 Å². The molecule has 0 unspecified atom stereocenters. The van der Waals surface area contributed by atoms with Crippen LogP contribution in [0.1, 0.15) is 27.7 Å². The van der Waals surface area contributed by atoms with Crippen molar-refractivity contribution in [3.63, 3.8) is 0 Å². The van der Waals surface area contributed by atoms with E-state index in [0.29, 0.717) is 5.69 Å². The number of hydrogen-bond donors (Lipinski definition) is 1. The summed E-state index contributed by atoms with van der Waals surface area (Å²) in [7, 11) is 0. The van der Waals surface area contributed by atoms with E-state index in [0.717, 1.165) is 18.9 Å². The van der Waals surface area contributed by atoms with Crippen LogP contribution in [0.4, 0.5) is 5.69 Å². The number of para-hydroxylation sites is 1. The molecule has 0 saturated carbocycles. The van der Waals surface area contributed by atoms with Crippen LogP contribution in [0, 0.1) is 0 Å². The van der Waals surface area contributed by atoms with E-state index >= 15 is 0 Å². The normalized spacial score (nSPS) is 25.3. The van der Waals surface area contributed by atoms with Gasteiger partial charge in [-0.05, 0) is 12.1 Å². The molecule has 0 radical (unpaired) electrons. The van der Waals surface area contributed by atoms with Crippen LogP contribution in [0.3, 0.4) is 0 Å². The lowest BCUT2D eigenvalue weighted by atomic mass is 9.98. The van der Waals surface area contributed by atoms with Crippen LogP contribution in [-0.2, 0) is 43.0 Å². The van der Waals surface area contributed by atoms with Crippen molar-refractivity contribution in [1.29, 1.82) is 0 Å². The topological polar surface area (TPSA) is 138 Å². The number of ether oxygens (including phenoxy) is 4. The summed E-state index contributed by atoms with van der Waals surface area (Å²) in [5.74, 6) is -2.68. The number of esters is 3. The fourth-order valence-corrected chi connectivity index (χ4v) is 2.94. The zero-order valence-electron chi connectivity index (χ0n) is 17.5. The predicted octanol–water partition coefficient (Wildman–Crippen LogP) is 0.483. The van der Waals surface area contributed by atoms with E-state index in [1.165, 1.54) is 13.8 Å². The minimum absolute atomic E-state index is 0.354. The number of rotatable bonds is 7. The Kier molecular flexibility index (Phi) is 8.48. The Morgan fingerprint density at radius 1 is 0.935 bits per heavy atom. The molecule has 0 bridgehead atoms. The molecule has 11 heteroatoms. The summed E-state index contributed by atoms with van der Waals surface area (Å²) in [6, 6.07) is 8.28. The molecule has 1 amide bonds. The third kappa shape index (κ3) is 6.74. The summed E-state index contributed by atoms with van der Waals surface area (Å²) in [5, 5.41) is 11.5. The second kappa shape index (κ2) is 10.8. The second-order valence-corrected chi connectivity index (χ2v) is 6.74. The van der Waals surface area contributed by atoms with Gasteiger partial charge in [-0.15, -0.1) is 0 Å². The van der Waals surface area contributed by atoms with Gasteiger partial charge in [-0.1, -0.05) is 18.2 Å². The summed E-state index contributed by atoms with van der Waals surface area (Å²) in [6.45, 7) is 4.23. The number of aliphatic hydroxyl groups is 1. The molecule has 0 aromatic heterocycles. The molecule has 5 atom stereocenters. The van der Waals surface area contributed by atoms with Gasteiger partial charge in [0.25, 0.3) is 0 Å². The summed E-state index contributed by atoms with van der Waals surface area (Å²) in [4.78, 5) is 52.4. The Morgan fingerprint density at radius 3 is 2.03 bits per heavy atom. The van der Waals surface area contributed by atoms with Crippen LogP contribution in [-0.4, -0.2) is 66.2 Å². The Bertz CT molecular complexity index is 798. The van der Waals surface area contributed by atoms with Crippen molar-refractivity contribution in [3.05, 3.63) is 30.3 Å². The number of carbonyl (C=O) groups excluding carboxylic acids is 4. The molecule has 170 valence electrons. The third-order valence-electron chi connectivity index (χ3n) is 4.16. The highest BCUT2D eigenvalue weighted by Crippen LogP contribution is 2.29. The molecule has 1 aromatic rings. The fraction of sp³-hybridized carbons (Fsp3) is 0.500. The lowest BCUT2D eigenvalue weighted by molar-refractivity contribution is -0.307. The zero-order chi connectivity index (χ0) is 23.1. The minimum atomic E-state index is -1.52. The van der Waals surface area contributed by atoms with Crippen molar-refractivity contribution < 1.29 is 48.1 Å². The molecule has 2 rings (SSSR count). The lowest BCUT2D eigenvalue weighted by Crippen LogP contribution is -2.63. The highest BCUT2D eigenvalue weighted by Gasteiger charge is 2.51. The number of amides is 1. The first kappa shape index (κ1) is 24.3. The monoisotopic (exact) mass is 439 g/mol. The molecule has 0 spiro atoms. The Labute approximate surface area is 178 Å². The van der Waals surface area contributed by atoms with Gasteiger partial charge in [0.1, 0.15) is 18.8 Å². The molecule has 1 aromatic carbocycles. The molecule has 0 aliphatic carbocycles. The number of carbonyl (C=O) groups is 4. The quantitative estimate of drug-likeness (QED) is 0.363. The second-order valence-electron chi connectivity index (χ2n) is 6.74. The molecule has 1 saturated heterocycles. The molecule has 1 aliphatic heterocycles. The fourth-order valence-electron chi connectivity index (χ4n) is 2.94. The predicted molar refractivity (Wildman–Crippen MR) is 103 cm³/mol. The maximum atomic E-state index is 12.2. The summed E-state index contributed by atoms with van der Waals surface area (Å²) in [5.41, 5.74) is 0.354. The first-order valence-electron chi connectivity index (χ1n) is 9.44. The minimum Gasteiger partial charge on any atom is -0.463 e. The number of hydroxylamine groups is 1. The Balaban J connectivity index is 2.39. The van der Waals surface area contributed by atoms with Crippen LogP contribution in [0.2, 0.25) is 0 Å². The zero-order valence-corrected chi connectivity index (χ0v) is 17.5. The third-order valence-corrected chi connectivity index (χ3v) is 4.16. The maximum absolute atomic E-state index is 12.2. The molecule has 1 aliphatic rings. The summed E-state index contributed by atoms with van der Waals surface area (Å²) >= 11 is 0. The first-order chi connectivity index (χ1) is 14.6. The van der Waals surface area contributed by atoms with Crippen LogP contribution in [0.25, 0.3) is 0 Å². The number of aliphatic hydroxyl groups excluding tert-OH is 1. The standard InChI is InChI=1S/C20H25NO10/c1-11(22)21(15-8-6-5-7-9-15)31-20-19(29-14(4)25)18(28-13(3)24)17(26)16(30-20)10-27-12(2)23/h5-9,16-20,26H,10H2,1-4H3/t16-,17-,18+,19-,20+/m1/s1. The smallest absolute Gasteiger partial charge is 0.303 e. The van der Waals surface area contributed by atoms with Crippen molar-refractivity contribution in [2.24, 2.45) is 0 Å². The number of hydrogen-bond acceptors (Lipinski definition) is 10. The Hall–Kier alpha value is -3.02. The average Bonchev–Trinajstić information content (AvgIpc) is 2.69. The number of benzene rings is 1. The van der Waals surface area contributed by atoms with Gasteiger partial charge in [0.2, 0.25) is 12.2 Å².